The van der Waals surface area contributed by atoms with Crippen LogP contribution in [0, 0.1) is 11.3 Å². The second kappa shape index (κ2) is 9.16. The van der Waals surface area contributed by atoms with Crippen molar-refractivity contribution in [3.63, 3.8) is 0 Å². The number of nitriles is 1. The van der Waals surface area contributed by atoms with Gasteiger partial charge in [0.05, 0.1) is 36.2 Å². The van der Waals surface area contributed by atoms with Crippen molar-refractivity contribution >= 4 is 5.91 Å². The molecule has 0 spiro atoms. The summed E-state index contributed by atoms with van der Waals surface area (Å²) in [5.74, 6) is -0.132. The number of aromatic nitrogens is 2. The first-order valence-corrected chi connectivity index (χ1v) is 11.1. The maximum atomic E-state index is 13.6. The summed E-state index contributed by atoms with van der Waals surface area (Å²) in [5.41, 5.74) is 4.25. The highest BCUT2D eigenvalue weighted by Gasteiger charge is 2.27. The molecule has 4 aromatic rings. The standard InChI is InChI=1S/C28H22N4O2/c29-17-20-11-13-23(14-12-20)27(33)31-16-15-24-25(18-31)30-19-32(28(24)34)26(21-7-3-1-4-8-21)22-9-5-2-6-10-22/h1-14,19,26H,15-16,18H2. The Bertz CT molecular complexity index is 1380. The number of amides is 1. The van der Waals surface area contributed by atoms with Gasteiger partial charge in [0.2, 0.25) is 0 Å². The Balaban J connectivity index is 1.48. The summed E-state index contributed by atoms with van der Waals surface area (Å²) in [5, 5.41) is 8.97. The molecular formula is C28H22N4O2. The van der Waals surface area contributed by atoms with Crippen LogP contribution in [0.2, 0.25) is 0 Å². The van der Waals surface area contributed by atoms with Crippen LogP contribution in [0.5, 0.6) is 0 Å². The predicted octanol–water partition coefficient (Wildman–Crippen LogP) is 3.95. The normalized spacial score (nSPS) is 12.8. The number of benzene rings is 3. The van der Waals surface area contributed by atoms with Crippen LogP contribution in [0.3, 0.4) is 0 Å². The van der Waals surface area contributed by atoms with E-state index in [2.05, 4.69) is 11.1 Å². The zero-order valence-electron chi connectivity index (χ0n) is 18.5. The minimum Gasteiger partial charge on any atom is -0.332 e. The Kier molecular flexibility index (Phi) is 5.75. The topological polar surface area (TPSA) is 79.0 Å². The summed E-state index contributed by atoms with van der Waals surface area (Å²) < 4.78 is 1.70. The summed E-state index contributed by atoms with van der Waals surface area (Å²) in [7, 11) is 0. The third-order valence-corrected chi connectivity index (χ3v) is 6.21. The van der Waals surface area contributed by atoms with Crippen molar-refractivity contribution in [2.75, 3.05) is 6.54 Å². The molecule has 0 unspecified atom stereocenters. The first-order chi connectivity index (χ1) is 16.7. The lowest BCUT2D eigenvalue weighted by atomic mass is 9.97. The Morgan fingerprint density at radius 2 is 1.53 bits per heavy atom. The molecule has 0 fully saturated rings. The van der Waals surface area contributed by atoms with Crippen LogP contribution >= 0.6 is 0 Å². The van der Waals surface area contributed by atoms with Gasteiger partial charge in [0.15, 0.2) is 0 Å². The number of hydrogen-bond donors (Lipinski definition) is 0. The van der Waals surface area contributed by atoms with Crippen molar-refractivity contribution < 1.29 is 4.79 Å². The lowest BCUT2D eigenvalue weighted by Gasteiger charge is -2.29. The third kappa shape index (κ3) is 4.00. The summed E-state index contributed by atoms with van der Waals surface area (Å²) in [6, 6.07) is 28.2. The second-order valence-electron chi connectivity index (χ2n) is 8.27. The zero-order chi connectivity index (χ0) is 23.5. The molecule has 1 aliphatic rings. The van der Waals surface area contributed by atoms with E-state index in [1.54, 1.807) is 40.1 Å². The highest BCUT2D eigenvalue weighted by molar-refractivity contribution is 5.94. The van der Waals surface area contributed by atoms with Gasteiger partial charge in [-0.05, 0) is 41.8 Å². The van der Waals surface area contributed by atoms with E-state index in [1.165, 1.54) is 0 Å². The molecule has 1 aliphatic heterocycles. The molecule has 166 valence electrons. The number of nitrogens with zero attached hydrogens (tertiary/aromatic N) is 4. The van der Waals surface area contributed by atoms with Crippen molar-refractivity contribution in [3.8, 4) is 6.07 Å². The molecular weight excluding hydrogens is 424 g/mol. The van der Waals surface area contributed by atoms with Crippen LogP contribution < -0.4 is 5.56 Å². The molecule has 0 bridgehead atoms. The van der Waals surface area contributed by atoms with E-state index < -0.39 is 0 Å². The molecule has 0 radical (unpaired) electrons. The van der Waals surface area contributed by atoms with Gasteiger partial charge in [-0.15, -0.1) is 0 Å². The first kappa shape index (κ1) is 21.4. The van der Waals surface area contributed by atoms with Crippen LogP contribution in [0.15, 0.2) is 96.1 Å². The summed E-state index contributed by atoms with van der Waals surface area (Å²) in [6.07, 6.45) is 2.04. The van der Waals surface area contributed by atoms with Crippen LogP contribution in [0.25, 0.3) is 0 Å². The molecule has 3 aromatic carbocycles. The lowest BCUT2D eigenvalue weighted by molar-refractivity contribution is 0.0731. The lowest BCUT2D eigenvalue weighted by Crippen LogP contribution is -2.41. The molecule has 0 aliphatic carbocycles. The van der Waals surface area contributed by atoms with Crippen LogP contribution in [0.4, 0.5) is 0 Å². The maximum Gasteiger partial charge on any atom is 0.257 e. The van der Waals surface area contributed by atoms with E-state index in [9.17, 15) is 9.59 Å². The van der Waals surface area contributed by atoms with Gasteiger partial charge >= 0.3 is 0 Å². The molecule has 34 heavy (non-hydrogen) atoms. The Morgan fingerprint density at radius 1 is 0.912 bits per heavy atom. The molecule has 1 amide bonds. The molecule has 0 atom stereocenters. The average Bonchev–Trinajstić information content (AvgIpc) is 2.91. The van der Waals surface area contributed by atoms with Crippen LogP contribution in [-0.2, 0) is 13.0 Å². The van der Waals surface area contributed by atoms with Gasteiger partial charge in [-0.1, -0.05) is 60.7 Å². The number of carbonyl (C=O) groups is 1. The molecule has 2 heterocycles. The van der Waals surface area contributed by atoms with Crippen LogP contribution in [0.1, 0.15) is 44.3 Å². The molecule has 5 rings (SSSR count). The van der Waals surface area contributed by atoms with E-state index in [4.69, 9.17) is 5.26 Å². The van der Waals surface area contributed by atoms with Crippen LogP contribution in [-0.4, -0.2) is 26.9 Å². The fourth-order valence-electron chi connectivity index (χ4n) is 4.45. The third-order valence-electron chi connectivity index (χ3n) is 6.21. The number of rotatable bonds is 4. The van der Waals surface area contributed by atoms with Crippen molar-refractivity contribution in [1.29, 1.82) is 5.26 Å². The largest absolute Gasteiger partial charge is 0.332 e. The minimum absolute atomic E-state index is 0.0758. The van der Waals surface area contributed by atoms with E-state index in [0.717, 1.165) is 11.1 Å². The fraction of sp³-hybridized carbons (Fsp3) is 0.143. The smallest absolute Gasteiger partial charge is 0.257 e. The first-order valence-electron chi connectivity index (χ1n) is 11.1. The molecule has 6 heteroatoms. The highest BCUT2D eigenvalue weighted by Crippen LogP contribution is 2.26. The quantitative estimate of drug-likeness (QED) is 0.476. The van der Waals surface area contributed by atoms with E-state index in [-0.39, 0.29) is 24.1 Å². The highest BCUT2D eigenvalue weighted by atomic mass is 16.2. The van der Waals surface area contributed by atoms with E-state index >= 15 is 0 Å². The Morgan fingerprint density at radius 3 is 2.12 bits per heavy atom. The fourth-order valence-corrected chi connectivity index (χ4v) is 4.45. The summed E-state index contributed by atoms with van der Waals surface area (Å²) in [6.45, 7) is 0.722. The number of fused-ring (bicyclic) bond motifs is 1. The van der Waals surface area contributed by atoms with Gasteiger partial charge in [-0.25, -0.2) is 4.98 Å². The summed E-state index contributed by atoms with van der Waals surface area (Å²) in [4.78, 5) is 32.9. The minimum atomic E-state index is -0.286. The van der Waals surface area contributed by atoms with Gasteiger partial charge in [-0.3, -0.25) is 14.2 Å². The maximum absolute atomic E-state index is 13.6. The molecule has 0 saturated heterocycles. The second-order valence-corrected chi connectivity index (χ2v) is 8.27. The van der Waals surface area contributed by atoms with E-state index in [0.29, 0.717) is 35.3 Å². The van der Waals surface area contributed by atoms with Crippen molar-refractivity contribution in [2.24, 2.45) is 0 Å². The molecule has 0 N–H and O–H groups in total. The van der Waals surface area contributed by atoms with Crippen molar-refractivity contribution in [1.82, 2.24) is 14.5 Å². The van der Waals surface area contributed by atoms with Gasteiger partial charge < -0.3 is 4.90 Å². The monoisotopic (exact) mass is 446 g/mol. The molecule has 1 aromatic heterocycles. The Labute approximate surface area is 197 Å². The van der Waals surface area contributed by atoms with Crippen molar-refractivity contribution in [3.05, 3.63) is 135 Å². The number of carbonyl (C=O) groups excluding carboxylic acids is 1. The number of hydrogen-bond acceptors (Lipinski definition) is 4. The SMILES string of the molecule is N#Cc1ccc(C(=O)N2CCc3c(ncn(C(c4ccccc4)c4ccccc4)c3=O)C2)cc1. The predicted molar refractivity (Wildman–Crippen MR) is 128 cm³/mol. The Hall–Kier alpha value is -4.50. The van der Waals surface area contributed by atoms with Crippen molar-refractivity contribution in [2.45, 2.75) is 19.0 Å². The zero-order valence-corrected chi connectivity index (χ0v) is 18.5. The molecule has 0 saturated carbocycles. The average molecular weight is 447 g/mol. The van der Waals surface area contributed by atoms with Gasteiger partial charge in [0.25, 0.3) is 11.5 Å². The molecule has 6 nitrogen and oxygen atoms in total. The summed E-state index contributed by atoms with van der Waals surface area (Å²) >= 11 is 0. The van der Waals surface area contributed by atoms with Gasteiger partial charge in [-0.2, -0.15) is 5.26 Å². The van der Waals surface area contributed by atoms with E-state index in [1.807, 2.05) is 60.7 Å². The van der Waals surface area contributed by atoms with Gasteiger partial charge in [0.1, 0.15) is 0 Å². The van der Waals surface area contributed by atoms with Gasteiger partial charge in [0, 0.05) is 17.7 Å².